The van der Waals surface area contributed by atoms with Crippen LogP contribution in [0.3, 0.4) is 0 Å². The molecular weight excluding hydrogens is 526 g/mol. The Morgan fingerprint density at radius 1 is 1.00 bits per heavy atom. The number of ketones is 1. The number of nitrogens with two attached hydrogens (primary N) is 1. The number of carbonyl (C=O) groups is 2. The smallest absolute Gasteiger partial charge is 0.248 e. The molecule has 0 unspecified atom stereocenters. The SMILES string of the molecule is NC(=O)c1cccc(-c2cccnc2[C@@H](CC(=O)Cn2ncc3cnc(Cl)nc32)Cc2cc(F)cc(F)c2)c1. The van der Waals surface area contributed by atoms with Gasteiger partial charge >= 0.3 is 0 Å². The summed E-state index contributed by atoms with van der Waals surface area (Å²) in [5, 5.41) is 4.88. The van der Waals surface area contributed by atoms with Crippen LogP contribution in [0.4, 0.5) is 8.78 Å². The number of aromatic nitrogens is 5. The molecule has 1 amide bonds. The first-order valence-corrected chi connectivity index (χ1v) is 12.3. The molecule has 0 aliphatic heterocycles. The quantitative estimate of drug-likeness (QED) is 0.263. The van der Waals surface area contributed by atoms with Crippen molar-refractivity contribution in [3.63, 3.8) is 0 Å². The summed E-state index contributed by atoms with van der Waals surface area (Å²) < 4.78 is 29.5. The van der Waals surface area contributed by atoms with Crippen molar-refractivity contribution in [2.75, 3.05) is 0 Å². The van der Waals surface area contributed by atoms with E-state index in [1.807, 2.05) is 6.07 Å². The van der Waals surface area contributed by atoms with E-state index in [0.717, 1.165) is 6.07 Å². The molecule has 0 saturated carbocycles. The van der Waals surface area contributed by atoms with Crippen LogP contribution in [0.5, 0.6) is 0 Å². The third-order valence-electron chi connectivity index (χ3n) is 6.24. The molecule has 8 nitrogen and oxygen atoms in total. The normalized spacial score (nSPS) is 12.0. The number of nitrogens with zero attached hydrogens (tertiary/aromatic N) is 5. The van der Waals surface area contributed by atoms with Gasteiger partial charge in [0.05, 0.1) is 17.3 Å². The average Bonchev–Trinajstić information content (AvgIpc) is 3.29. The van der Waals surface area contributed by atoms with Crippen LogP contribution in [0, 0.1) is 11.6 Å². The van der Waals surface area contributed by atoms with Crippen LogP contribution in [-0.2, 0) is 17.8 Å². The molecule has 3 heterocycles. The minimum absolute atomic E-state index is 0.0160. The monoisotopic (exact) mass is 546 g/mol. The zero-order valence-corrected chi connectivity index (χ0v) is 21.1. The molecule has 5 aromatic rings. The van der Waals surface area contributed by atoms with Crippen molar-refractivity contribution in [2.45, 2.75) is 25.3 Å². The van der Waals surface area contributed by atoms with E-state index in [4.69, 9.17) is 17.3 Å². The van der Waals surface area contributed by atoms with Gasteiger partial charge in [0.15, 0.2) is 11.4 Å². The van der Waals surface area contributed by atoms with Crippen LogP contribution >= 0.6 is 11.6 Å². The first-order chi connectivity index (χ1) is 18.8. The number of carbonyl (C=O) groups excluding carboxylic acids is 2. The van der Waals surface area contributed by atoms with E-state index in [2.05, 4.69) is 20.1 Å². The van der Waals surface area contributed by atoms with E-state index in [9.17, 15) is 18.4 Å². The predicted octanol–water partition coefficient (Wildman–Crippen LogP) is 4.90. The molecule has 0 saturated heterocycles. The van der Waals surface area contributed by atoms with Gasteiger partial charge in [-0.1, -0.05) is 18.2 Å². The summed E-state index contributed by atoms with van der Waals surface area (Å²) in [7, 11) is 0. The standard InChI is InChI=1S/C28H21ClF2N6O2/c29-28-34-13-20-14-35-37(27(20)36-28)15-23(38)11-19(7-16-8-21(30)12-22(31)9-16)25-24(5-2-6-33-25)17-3-1-4-18(10-17)26(32)39/h1-6,8-10,12-14,19H,7,11,15H2,(H2,32,39)/t19-/m1/s1. The number of hydrogen-bond donors (Lipinski definition) is 1. The summed E-state index contributed by atoms with van der Waals surface area (Å²) in [4.78, 5) is 37.8. The maximum atomic E-state index is 14.0. The fraction of sp³-hybridized carbons (Fsp3) is 0.143. The molecule has 0 bridgehead atoms. The molecule has 0 aliphatic rings. The fourth-order valence-corrected chi connectivity index (χ4v) is 4.70. The minimum atomic E-state index is -0.718. The van der Waals surface area contributed by atoms with E-state index in [0.29, 0.717) is 39.0 Å². The number of pyridine rings is 1. The number of fused-ring (bicyclic) bond motifs is 1. The van der Waals surface area contributed by atoms with Crippen molar-refractivity contribution in [3.8, 4) is 11.1 Å². The number of benzene rings is 2. The Morgan fingerprint density at radius 2 is 1.79 bits per heavy atom. The van der Waals surface area contributed by atoms with Crippen molar-refractivity contribution in [3.05, 3.63) is 107 Å². The van der Waals surface area contributed by atoms with Gasteiger partial charge in [0.25, 0.3) is 0 Å². The lowest BCUT2D eigenvalue weighted by Crippen LogP contribution is -2.18. The topological polar surface area (TPSA) is 117 Å². The van der Waals surface area contributed by atoms with Gasteiger partial charge in [-0.05, 0) is 59.5 Å². The molecule has 0 radical (unpaired) electrons. The Morgan fingerprint density at radius 3 is 2.56 bits per heavy atom. The zero-order valence-electron chi connectivity index (χ0n) is 20.4. The highest BCUT2D eigenvalue weighted by Gasteiger charge is 2.23. The summed E-state index contributed by atoms with van der Waals surface area (Å²) in [5.41, 5.74) is 8.44. The lowest BCUT2D eigenvalue weighted by atomic mass is 9.86. The van der Waals surface area contributed by atoms with E-state index in [-0.39, 0.29) is 30.5 Å². The second-order valence-corrected chi connectivity index (χ2v) is 9.36. The third kappa shape index (κ3) is 5.96. The molecule has 5 rings (SSSR count). The predicted molar refractivity (Wildman–Crippen MR) is 141 cm³/mol. The Hall–Kier alpha value is -4.57. The van der Waals surface area contributed by atoms with Crippen molar-refractivity contribution >= 4 is 34.3 Å². The number of hydrogen-bond acceptors (Lipinski definition) is 6. The van der Waals surface area contributed by atoms with Gasteiger partial charge in [-0.15, -0.1) is 0 Å². The molecule has 11 heteroatoms. The van der Waals surface area contributed by atoms with Crippen molar-refractivity contribution < 1.29 is 18.4 Å². The lowest BCUT2D eigenvalue weighted by molar-refractivity contribution is -0.120. The molecule has 0 fully saturated rings. The Labute approximate surface area is 226 Å². The fourth-order valence-electron chi connectivity index (χ4n) is 4.57. The van der Waals surface area contributed by atoms with Gasteiger partial charge < -0.3 is 5.73 Å². The van der Waals surface area contributed by atoms with E-state index in [1.165, 1.54) is 29.2 Å². The van der Waals surface area contributed by atoms with Crippen LogP contribution in [0.1, 0.15) is 34.0 Å². The summed E-state index contributed by atoms with van der Waals surface area (Å²) >= 11 is 5.92. The van der Waals surface area contributed by atoms with Gasteiger partial charge in [-0.2, -0.15) is 10.1 Å². The van der Waals surface area contributed by atoms with Gasteiger partial charge in [0.1, 0.15) is 18.2 Å². The molecule has 0 spiro atoms. The first kappa shape index (κ1) is 26.1. The summed E-state index contributed by atoms with van der Waals surface area (Å²) in [6.45, 7) is -0.107. The molecule has 2 aromatic carbocycles. The van der Waals surface area contributed by atoms with Gasteiger partial charge in [0, 0.05) is 41.9 Å². The molecular formula is C28H21ClF2N6O2. The van der Waals surface area contributed by atoms with Crippen LogP contribution in [0.25, 0.3) is 22.2 Å². The lowest BCUT2D eigenvalue weighted by Gasteiger charge is -2.20. The van der Waals surface area contributed by atoms with Crippen molar-refractivity contribution in [1.29, 1.82) is 0 Å². The minimum Gasteiger partial charge on any atom is -0.366 e. The van der Waals surface area contributed by atoms with Gasteiger partial charge in [-0.25, -0.2) is 18.4 Å². The number of halogens is 3. The highest BCUT2D eigenvalue weighted by atomic mass is 35.5. The highest BCUT2D eigenvalue weighted by Crippen LogP contribution is 2.33. The third-order valence-corrected chi connectivity index (χ3v) is 6.42. The largest absolute Gasteiger partial charge is 0.366 e. The van der Waals surface area contributed by atoms with E-state index < -0.39 is 23.5 Å². The molecule has 1 atom stereocenters. The number of rotatable bonds is 9. The van der Waals surface area contributed by atoms with Crippen LogP contribution in [-0.4, -0.2) is 36.4 Å². The van der Waals surface area contributed by atoms with Crippen molar-refractivity contribution in [2.24, 2.45) is 5.73 Å². The summed E-state index contributed by atoms with van der Waals surface area (Å²) in [6.07, 6.45) is 4.75. The molecule has 2 N–H and O–H groups in total. The number of Topliss-reactive ketones (excluding diaryl/α,β-unsaturated/α-hetero) is 1. The van der Waals surface area contributed by atoms with Gasteiger partial charge in [0.2, 0.25) is 11.2 Å². The molecule has 39 heavy (non-hydrogen) atoms. The Kier molecular flexibility index (Phi) is 7.38. The van der Waals surface area contributed by atoms with Crippen molar-refractivity contribution in [1.82, 2.24) is 24.7 Å². The summed E-state index contributed by atoms with van der Waals surface area (Å²) in [5.74, 6) is -2.79. The Bertz CT molecular complexity index is 1690. The summed E-state index contributed by atoms with van der Waals surface area (Å²) in [6, 6.07) is 13.5. The van der Waals surface area contributed by atoms with Crippen LogP contribution < -0.4 is 5.73 Å². The Balaban J connectivity index is 1.52. The second-order valence-electron chi connectivity index (χ2n) is 9.02. The average molecular weight is 547 g/mol. The number of primary amides is 1. The second kappa shape index (κ2) is 11.0. The maximum absolute atomic E-state index is 14.0. The molecule has 0 aliphatic carbocycles. The van der Waals surface area contributed by atoms with E-state index in [1.54, 1.807) is 36.5 Å². The molecule has 196 valence electrons. The zero-order chi connectivity index (χ0) is 27.5. The van der Waals surface area contributed by atoms with E-state index >= 15 is 0 Å². The number of amides is 1. The van der Waals surface area contributed by atoms with Crippen LogP contribution in [0.15, 0.2) is 73.2 Å². The molecule has 3 aromatic heterocycles. The van der Waals surface area contributed by atoms with Crippen LogP contribution in [0.2, 0.25) is 5.28 Å². The maximum Gasteiger partial charge on any atom is 0.248 e. The van der Waals surface area contributed by atoms with Gasteiger partial charge in [-0.3, -0.25) is 14.6 Å². The highest BCUT2D eigenvalue weighted by molar-refractivity contribution is 6.28. The first-order valence-electron chi connectivity index (χ1n) is 11.9.